The monoisotopic (exact) mass is 886 g/mol. The maximum Gasteiger partial charge on any atom is 0.305 e. The van der Waals surface area contributed by atoms with Crippen molar-refractivity contribution in [2.24, 2.45) is 0 Å². The van der Waals surface area contributed by atoms with Crippen LogP contribution in [-0.4, -0.2) is 47.4 Å². The molecular formula is C57H107NO5. The van der Waals surface area contributed by atoms with Crippen LogP contribution in [0, 0.1) is 0 Å². The van der Waals surface area contributed by atoms with Crippen LogP contribution in [0.3, 0.4) is 0 Å². The number of hydrogen-bond donors (Lipinski definition) is 3. The Morgan fingerprint density at radius 2 is 0.810 bits per heavy atom. The highest BCUT2D eigenvalue weighted by atomic mass is 16.5. The van der Waals surface area contributed by atoms with E-state index in [1.54, 1.807) is 6.08 Å². The molecule has 0 aromatic rings. The van der Waals surface area contributed by atoms with Crippen molar-refractivity contribution in [2.45, 2.75) is 302 Å². The molecule has 0 radical (unpaired) electrons. The third-order valence-electron chi connectivity index (χ3n) is 12.7. The van der Waals surface area contributed by atoms with Gasteiger partial charge in [0.05, 0.1) is 25.4 Å². The first-order valence-corrected chi connectivity index (χ1v) is 27.8. The fourth-order valence-electron chi connectivity index (χ4n) is 8.36. The molecule has 2 atom stereocenters. The molecule has 1 amide bonds. The Morgan fingerprint density at radius 1 is 0.444 bits per heavy atom. The maximum atomic E-state index is 12.5. The average Bonchev–Trinajstić information content (AvgIpc) is 3.28. The Kier molecular flexibility index (Phi) is 51.1. The molecule has 0 fully saturated rings. The van der Waals surface area contributed by atoms with Crippen LogP contribution in [0.15, 0.2) is 36.5 Å². The van der Waals surface area contributed by atoms with Gasteiger partial charge in [-0.05, 0) is 57.8 Å². The minimum Gasteiger partial charge on any atom is -0.466 e. The highest BCUT2D eigenvalue weighted by Crippen LogP contribution is 2.16. The lowest BCUT2D eigenvalue weighted by Gasteiger charge is -2.20. The van der Waals surface area contributed by atoms with E-state index < -0.39 is 12.1 Å². The molecule has 0 aliphatic heterocycles. The predicted octanol–water partition coefficient (Wildman–Crippen LogP) is 16.9. The van der Waals surface area contributed by atoms with Crippen molar-refractivity contribution in [1.29, 1.82) is 0 Å². The number of carbonyl (C=O) groups excluding carboxylic acids is 2. The highest BCUT2D eigenvalue weighted by Gasteiger charge is 2.18. The number of aliphatic hydroxyl groups excluding tert-OH is 2. The van der Waals surface area contributed by atoms with Crippen LogP contribution >= 0.6 is 0 Å². The topological polar surface area (TPSA) is 95.9 Å². The number of rotatable bonds is 51. The summed E-state index contributed by atoms with van der Waals surface area (Å²) in [6.07, 6.45) is 64.3. The van der Waals surface area contributed by atoms with Gasteiger partial charge in [-0.1, -0.05) is 256 Å². The van der Waals surface area contributed by atoms with Gasteiger partial charge in [-0.3, -0.25) is 9.59 Å². The molecule has 0 aromatic carbocycles. The summed E-state index contributed by atoms with van der Waals surface area (Å²) in [6, 6.07) is -0.634. The van der Waals surface area contributed by atoms with Crippen molar-refractivity contribution in [3.63, 3.8) is 0 Å². The van der Waals surface area contributed by atoms with Gasteiger partial charge in [0.15, 0.2) is 0 Å². The van der Waals surface area contributed by atoms with E-state index in [2.05, 4.69) is 43.5 Å². The summed E-state index contributed by atoms with van der Waals surface area (Å²) in [7, 11) is 0. The average molecular weight is 886 g/mol. The smallest absolute Gasteiger partial charge is 0.305 e. The van der Waals surface area contributed by atoms with Crippen LogP contribution in [0.5, 0.6) is 0 Å². The third kappa shape index (κ3) is 49.4. The molecule has 0 rings (SSSR count). The SMILES string of the molecule is CCCC/C=C\C/C=C\CCCCCCCC(=O)OCCCCCCCCCCCCCCCCCCC(=O)NC(CO)C(O)/C=C/CCCCCCCCCCCCCCCC. The van der Waals surface area contributed by atoms with Gasteiger partial charge in [0.25, 0.3) is 0 Å². The maximum absolute atomic E-state index is 12.5. The molecule has 6 heteroatoms. The van der Waals surface area contributed by atoms with Crippen molar-refractivity contribution in [1.82, 2.24) is 5.32 Å². The summed E-state index contributed by atoms with van der Waals surface area (Å²) in [6.45, 7) is 4.85. The zero-order chi connectivity index (χ0) is 45.8. The second-order valence-corrected chi connectivity index (χ2v) is 18.9. The molecule has 3 N–H and O–H groups in total. The van der Waals surface area contributed by atoms with Gasteiger partial charge in [0.2, 0.25) is 5.91 Å². The van der Waals surface area contributed by atoms with Gasteiger partial charge in [-0.15, -0.1) is 0 Å². The van der Waals surface area contributed by atoms with E-state index in [1.807, 2.05) is 6.08 Å². The second kappa shape index (κ2) is 52.7. The van der Waals surface area contributed by atoms with Crippen LogP contribution in [0.2, 0.25) is 0 Å². The first-order valence-electron chi connectivity index (χ1n) is 27.8. The number of amides is 1. The normalized spacial score (nSPS) is 12.9. The second-order valence-electron chi connectivity index (χ2n) is 18.9. The number of allylic oxidation sites excluding steroid dienone is 5. The van der Waals surface area contributed by atoms with Crippen LogP contribution < -0.4 is 5.32 Å². The number of hydrogen-bond acceptors (Lipinski definition) is 5. The molecule has 370 valence electrons. The van der Waals surface area contributed by atoms with Crippen LogP contribution in [0.25, 0.3) is 0 Å². The standard InChI is InChI=1S/C57H107NO5/c1-3-5-7-9-11-13-15-17-19-22-25-29-33-37-41-45-49-55(60)54(53-59)58-56(61)50-46-42-38-34-30-26-23-20-21-24-28-32-36-40-44-48-52-63-57(62)51-47-43-39-35-31-27-18-16-14-12-10-8-6-4-2/h10,12,16,18,45,49,54-55,59-60H,3-9,11,13-15,17,19-44,46-48,50-53H2,1-2H3,(H,58,61)/b12-10-,18-16-,49-45+. The first-order chi connectivity index (χ1) is 31.0. The summed E-state index contributed by atoms with van der Waals surface area (Å²) in [5, 5.41) is 23.1. The predicted molar refractivity (Wildman–Crippen MR) is 273 cm³/mol. The van der Waals surface area contributed by atoms with E-state index in [-0.39, 0.29) is 18.5 Å². The van der Waals surface area contributed by atoms with Crippen LogP contribution in [-0.2, 0) is 14.3 Å². The lowest BCUT2D eigenvalue weighted by molar-refractivity contribution is -0.143. The molecule has 0 heterocycles. The summed E-state index contributed by atoms with van der Waals surface area (Å²) < 4.78 is 5.46. The van der Waals surface area contributed by atoms with Crippen molar-refractivity contribution < 1.29 is 24.5 Å². The lowest BCUT2D eigenvalue weighted by atomic mass is 10.0. The van der Waals surface area contributed by atoms with Gasteiger partial charge >= 0.3 is 5.97 Å². The Bertz CT molecular complexity index is 1020. The zero-order valence-electron chi connectivity index (χ0n) is 42.1. The molecule has 63 heavy (non-hydrogen) atoms. The highest BCUT2D eigenvalue weighted by molar-refractivity contribution is 5.76. The van der Waals surface area contributed by atoms with Gasteiger partial charge in [0, 0.05) is 12.8 Å². The van der Waals surface area contributed by atoms with E-state index in [9.17, 15) is 19.8 Å². The van der Waals surface area contributed by atoms with Crippen molar-refractivity contribution in [3.05, 3.63) is 36.5 Å². The molecule has 6 nitrogen and oxygen atoms in total. The lowest BCUT2D eigenvalue weighted by Crippen LogP contribution is -2.45. The third-order valence-corrected chi connectivity index (χ3v) is 12.7. The van der Waals surface area contributed by atoms with Crippen LogP contribution in [0.4, 0.5) is 0 Å². The molecule has 0 saturated carbocycles. The van der Waals surface area contributed by atoms with Gasteiger partial charge in [-0.25, -0.2) is 0 Å². The summed E-state index contributed by atoms with van der Waals surface area (Å²) in [5.41, 5.74) is 0. The molecular weight excluding hydrogens is 779 g/mol. The minimum absolute atomic E-state index is 0.0127. The number of ether oxygens (including phenoxy) is 1. The fraction of sp³-hybridized carbons (Fsp3) is 0.860. The quantitative estimate of drug-likeness (QED) is 0.0321. The molecule has 0 aliphatic rings. The Hall–Kier alpha value is -1.92. The number of unbranched alkanes of at least 4 members (excludes halogenated alkanes) is 36. The fourth-order valence-corrected chi connectivity index (χ4v) is 8.36. The van der Waals surface area contributed by atoms with Crippen LogP contribution in [0.1, 0.15) is 290 Å². The Labute approximate surface area is 392 Å². The Morgan fingerprint density at radius 3 is 1.25 bits per heavy atom. The molecule has 0 bridgehead atoms. The van der Waals surface area contributed by atoms with E-state index in [4.69, 9.17) is 4.74 Å². The number of nitrogens with one attached hydrogen (secondary N) is 1. The number of carbonyl (C=O) groups is 2. The first kappa shape index (κ1) is 61.1. The minimum atomic E-state index is -0.849. The molecule has 0 saturated heterocycles. The van der Waals surface area contributed by atoms with E-state index in [0.29, 0.717) is 19.4 Å². The molecule has 0 aliphatic carbocycles. The van der Waals surface area contributed by atoms with E-state index in [1.165, 1.54) is 205 Å². The molecule has 0 spiro atoms. The van der Waals surface area contributed by atoms with Gasteiger partial charge in [-0.2, -0.15) is 0 Å². The zero-order valence-corrected chi connectivity index (χ0v) is 42.1. The van der Waals surface area contributed by atoms with Gasteiger partial charge in [0.1, 0.15) is 0 Å². The van der Waals surface area contributed by atoms with Crippen molar-refractivity contribution in [3.8, 4) is 0 Å². The van der Waals surface area contributed by atoms with Crippen molar-refractivity contribution in [2.75, 3.05) is 13.2 Å². The molecule has 2 unspecified atom stereocenters. The van der Waals surface area contributed by atoms with E-state index in [0.717, 1.165) is 57.8 Å². The Balaban J connectivity index is 3.47. The summed E-state index contributed by atoms with van der Waals surface area (Å²) in [5.74, 6) is -0.0874. The number of aliphatic hydroxyl groups is 2. The van der Waals surface area contributed by atoms with E-state index >= 15 is 0 Å². The molecule has 0 aromatic heterocycles. The summed E-state index contributed by atoms with van der Waals surface area (Å²) in [4.78, 5) is 24.5. The summed E-state index contributed by atoms with van der Waals surface area (Å²) >= 11 is 0. The largest absolute Gasteiger partial charge is 0.466 e. The van der Waals surface area contributed by atoms with Crippen molar-refractivity contribution >= 4 is 11.9 Å². The van der Waals surface area contributed by atoms with Gasteiger partial charge < -0.3 is 20.3 Å². The number of esters is 1.